The van der Waals surface area contributed by atoms with Gasteiger partial charge < -0.3 is 15.2 Å². The highest BCUT2D eigenvalue weighted by molar-refractivity contribution is 5.84. The van der Waals surface area contributed by atoms with Crippen LogP contribution in [-0.2, 0) is 9.53 Å². The second-order valence-electron chi connectivity index (χ2n) is 4.55. The van der Waals surface area contributed by atoms with Crippen molar-refractivity contribution in [2.75, 3.05) is 7.11 Å². The summed E-state index contributed by atoms with van der Waals surface area (Å²) in [7, 11) is 1.61. The lowest BCUT2D eigenvalue weighted by Crippen LogP contribution is -2.43. The number of hydrogen-bond donors (Lipinski definition) is 3. The van der Waals surface area contributed by atoms with Gasteiger partial charge in [0.25, 0.3) is 0 Å². The third-order valence-electron chi connectivity index (χ3n) is 3.38. The molecule has 0 spiro atoms. The molecule has 19 heavy (non-hydrogen) atoms. The number of benzene rings is 1. The highest BCUT2D eigenvalue weighted by Gasteiger charge is 2.42. The van der Waals surface area contributed by atoms with Crippen molar-refractivity contribution in [1.29, 1.82) is 0 Å². The Bertz CT molecular complexity index is 526. The van der Waals surface area contributed by atoms with Crippen LogP contribution < -0.4 is 21.3 Å². The lowest BCUT2D eigenvalue weighted by Gasteiger charge is -2.23. The summed E-state index contributed by atoms with van der Waals surface area (Å²) in [6.45, 7) is 0. The van der Waals surface area contributed by atoms with Crippen LogP contribution in [0.4, 0.5) is 0 Å². The fraction of sp³-hybridized carbons (Fsp3) is 0.308. The molecule has 0 aromatic heterocycles. The molecular formula is C13H15N3O3. The van der Waals surface area contributed by atoms with Gasteiger partial charge in [0.05, 0.1) is 19.3 Å². The number of rotatable bonds is 2. The highest BCUT2D eigenvalue weighted by Crippen LogP contribution is 2.29. The average Bonchev–Trinajstić information content (AvgIpc) is 2.81. The Kier molecular flexibility index (Phi) is 2.98. The standard InChI is InChI=1S/C13H15N3O3/c1-18-8-4-2-7(3-5-8)10-6-9-11(13(17)19-10)12(14)16-15-9/h2-6,9,11-12,15-16H,14H2,1H3. The molecule has 0 amide bonds. The summed E-state index contributed by atoms with van der Waals surface area (Å²) < 4.78 is 10.4. The smallest absolute Gasteiger partial charge is 0.319 e. The first-order valence-corrected chi connectivity index (χ1v) is 6.03. The van der Waals surface area contributed by atoms with Crippen LogP contribution in [0.2, 0.25) is 0 Å². The first-order chi connectivity index (χ1) is 9.19. The van der Waals surface area contributed by atoms with Crippen molar-refractivity contribution in [2.24, 2.45) is 11.7 Å². The molecule has 1 aromatic rings. The molecule has 1 saturated heterocycles. The van der Waals surface area contributed by atoms with E-state index >= 15 is 0 Å². The molecule has 0 aliphatic carbocycles. The molecule has 2 aliphatic heterocycles. The molecule has 3 unspecified atom stereocenters. The van der Waals surface area contributed by atoms with Gasteiger partial charge in [-0.2, -0.15) is 0 Å². The number of nitrogens with one attached hydrogen (secondary N) is 2. The number of carbonyl (C=O) groups excluding carboxylic acids is 1. The van der Waals surface area contributed by atoms with E-state index in [0.29, 0.717) is 5.76 Å². The van der Waals surface area contributed by atoms with E-state index in [-0.39, 0.29) is 17.9 Å². The van der Waals surface area contributed by atoms with Gasteiger partial charge in [-0.05, 0) is 30.3 Å². The number of hydrazine groups is 1. The van der Waals surface area contributed by atoms with Crippen LogP contribution in [0.3, 0.4) is 0 Å². The molecule has 6 heteroatoms. The second-order valence-corrected chi connectivity index (χ2v) is 4.55. The minimum atomic E-state index is -0.425. The van der Waals surface area contributed by atoms with Gasteiger partial charge in [-0.1, -0.05) is 0 Å². The monoisotopic (exact) mass is 261 g/mol. The van der Waals surface area contributed by atoms with Crippen LogP contribution in [0, 0.1) is 5.92 Å². The van der Waals surface area contributed by atoms with Gasteiger partial charge >= 0.3 is 5.97 Å². The summed E-state index contributed by atoms with van der Waals surface area (Å²) >= 11 is 0. The lowest BCUT2D eigenvalue weighted by atomic mass is 9.95. The molecule has 4 N–H and O–H groups in total. The quantitative estimate of drug-likeness (QED) is 0.648. The first-order valence-electron chi connectivity index (χ1n) is 6.03. The normalized spacial score (nSPS) is 29.5. The van der Waals surface area contributed by atoms with Gasteiger partial charge in [-0.3, -0.25) is 4.79 Å². The molecule has 3 atom stereocenters. The number of carbonyl (C=O) groups is 1. The average molecular weight is 261 g/mol. The van der Waals surface area contributed by atoms with Crippen molar-refractivity contribution >= 4 is 11.7 Å². The predicted molar refractivity (Wildman–Crippen MR) is 68.6 cm³/mol. The fourth-order valence-electron chi connectivity index (χ4n) is 2.32. The van der Waals surface area contributed by atoms with E-state index in [1.54, 1.807) is 7.11 Å². The van der Waals surface area contributed by atoms with E-state index in [1.165, 1.54) is 0 Å². The number of methoxy groups -OCH3 is 1. The Hall–Kier alpha value is -1.89. The maximum atomic E-state index is 11.9. The number of hydrogen-bond acceptors (Lipinski definition) is 6. The summed E-state index contributed by atoms with van der Waals surface area (Å²) in [6, 6.07) is 7.19. The Balaban J connectivity index is 1.89. The van der Waals surface area contributed by atoms with Crippen molar-refractivity contribution in [3.8, 4) is 5.75 Å². The van der Waals surface area contributed by atoms with Gasteiger partial charge in [0, 0.05) is 5.56 Å². The highest BCUT2D eigenvalue weighted by atomic mass is 16.5. The predicted octanol–water partition coefficient (Wildman–Crippen LogP) is -0.0297. The molecule has 2 heterocycles. The van der Waals surface area contributed by atoms with E-state index in [0.717, 1.165) is 11.3 Å². The first kappa shape index (κ1) is 12.2. The minimum absolute atomic E-state index is 0.145. The van der Waals surface area contributed by atoms with Crippen LogP contribution >= 0.6 is 0 Å². The molecule has 3 rings (SSSR count). The van der Waals surface area contributed by atoms with E-state index in [2.05, 4.69) is 10.9 Å². The third kappa shape index (κ3) is 2.10. The van der Waals surface area contributed by atoms with Gasteiger partial charge in [0.15, 0.2) is 0 Å². The van der Waals surface area contributed by atoms with Crippen molar-refractivity contribution in [2.45, 2.75) is 12.2 Å². The van der Waals surface area contributed by atoms with Crippen LogP contribution in [0.25, 0.3) is 5.76 Å². The summed E-state index contributed by atoms with van der Waals surface area (Å²) in [6.07, 6.45) is 1.44. The lowest BCUT2D eigenvalue weighted by molar-refractivity contribution is -0.142. The molecule has 0 bridgehead atoms. The Labute approximate surface area is 110 Å². The minimum Gasteiger partial charge on any atom is -0.497 e. The molecule has 2 aliphatic rings. The van der Waals surface area contributed by atoms with Gasteiger partial charge in [0.1, 0.15) is 17.4 Å². The number of fused-ring (bicyclic) bond motifs is 1. The van der Waals surface area contributed by atoms with E-state index < -0.39 is 6.17 Å². The number of esters is 1. The maximum absolute atomic E-state index is 11.9. The topological polar surface area (TPSA) is 85.6 Å². The summed E-state index contributed by atoms with van der Waals surface area (Å²) in [5, 5.41) is 0. The Morgan fingerprint density at radius 1 is 1.26 bits per heavy atom. The van der Waals surface area contributed by atoms with Crippen molar-refractivity contribution in [1.82, 2.24) is 10.9 Å². The van der Waals surface area contributed by atoms with Gasteiger partial charge in [-0.25, -0.2) is 10.9 Å². The molecule has 1 fully saturated rings. The summed E-state index contributed by atoms with van der Waals surface area (Å²) in [5.74, 6) is 0.592. The van der Waals surface area contributed by atoms with Crippen molar-refractivity contribution in [3.05, 3.63) is 35.9 Å². The number of ether oxygens (including phenoxy) is 2. The molecule has 6 nitrogen and oxygen atoms in total. The van der Waals surface area contributed by atoms with Crippen molar-refractivity contribution < 1.29 is 14.3 Å². The van der Waals surface area contributed by atoms with E-state index in [4.69, 9.17) is 15.2 Å². The molecule has 100 valence electrons. The molecular weight excluding hydrogens is 246 g/mol. The maximum Gasteiger partial charge on any atom is 0.319 e. The van der Waals surface area contributed by atoms with Gasteiger partial charge in [0.2, 0.25) is 0 Å². The van der Waals surface area contributed by atoms with E-state index in [1.807, 2.05) is 30.3 Å². The molecule has 0 saturated carbocycles. The summed E-state index contributed by atoms with van der Waals surface area (Å²) in [4.78, 5) is 11.9. The molecule has 1 aromatic carbocycles. The molecule has 0 radical (unpaired) electrons. The van der Waals surface area contributed by atoms with E-state index in [9.17, 15) is 4.79 Å². The largest absolute Gasteiger partial charge is 0.497 e. The second kappa shape index (κ2) is 4.65. The summed E-state index contributed by atoms with van der Waals surface area (Å²) in [5.41, 5.74) is 12.4. The Morgan fingerprint density at radius 2 is 2.00 bits per heavy atom. The SMILES string of the molecule is COc1ccc(C2=CC3NNC(N)C3C(=O)O2)cc1. The number of cyclic esters (lactones) is 1. The van der Waals surface area contributed by atoms with Crippen LogP contribution in [0.15, 0.2) is 30.3 Å². The fourth-order valence-corrected chi connectivity index (χ4v) is 2.32. The van der Waals surface area contributed by atoms with Crippen LogP contribution in [-0.4, -0.2) is 25.3 Å². The zero-order chi connectivity index (χ0) is 13.4. The zero-order valence-corrected chi connectivity index (χ0v) is 10.4. The van der Waals surface area contributed by atoms with Crippen molar-refractivity contribution in [3.63, 3.8) is 0 Å². The van der Waals surface area contributed by atoms with Gasteiger partial charge in [-0.15, -0.1) is 0 Å². The van der Waals surface area contributed by atoms with Crippen LogP contribution in [0.5, 0.6) is 5.75 Å². The Morgan fingerprint density at radius 3 is 2.68 bits per heavy atom. The number of nitrogens with two attached hydrogens (primary N) is 1. The van der Waals surface area contributed by atoms with Crippen LogP contribution in [0.1, 0.15) is 5.56 Å². The zero-order valence-electron chi connectivity index (χ0n) is 10.4. The third-order valence-corrected chi connectivity index (χ3v) is 3.38.